The number of sulfone groups is 1. The molecule has 0 aromatic heterocycles. The molecule has 19 heavy (non-hydrogen) atoms. The summed E-state index contributed by atoms with van der Waals surface area (Å²) in [5.41, 5.74) is 6.99. The molecule has 4 nitrogen and oxygen atoms in total. The van der Waals surface area contributed by atoms with Gasteiger partial charge in [0.25, 0.3) is 0 Å². The highest BCUT2D eigenvalue weighted by Crippen LogP contribution is 2.26. The summed E-state index contributed by atoms with van der Waals surface area (Å²) in [6.07, 6.45) is 1.76. The Morgan fingerprint density at radius 3 is 2.53 bits per heavy atom. The highest BCUT2D eigenvalue weighted by Gasteiger charge is 2.33. The topological polar surface area (TPSA) is 69.4 Å². The van der Waals surface area contributed by atoms with Crippen LogP contribution in [0.4, 0.5) is 0 Å². The summed E-state index contributed by atoms with van der Waals surface area (Å²) in [4.78, 5) is 0. The summed E-state index contributed by atoms with van der Waals surface area (Å²) in [7, 11) is -1.23. The summed E-state index contributed by atoms with van der Waals surface area (Å²) in [5.74, 6) is 1.21. The molecule has 2 rings (SSSR count). The van der Waals surface area contributed by atoms with Gasteiger partial charge < -0.3 is 10.5 Å². The van der Waals surface area contributed by atoms with Crippen LogP contribution in [0.1, 0.15) is 18.4 Å². The molecule has 1 aromatic carbocycles. The fraction of sp³-hybridized carbons (Fsp3) is 0.538. The zero-order chi connectivity index (χ0) is 13.2. The fourth-order valence-electron chi connectivity index (χ4n) is 2.31. The Morgan fingerprint density at radius 1 is 1.32 bits per heavy atom. The average molecular weight is 306 g/mol. The van der Waals surface area contributed by atoms with E-state index in [0.29, 0.717) is 19.3 Å². The van der Waals surface area contributed by atoms with Crippen LogP contribution in [0, 0.1) is 0 Å². The van der Waals surface area contributed by atoms with Crippen molar-refractivity contribution in [3.05, 3.63) is 29.8 Å². The molecular weight excluding hydrogens is 286 g/mol. The number of halogens is 1. The third kappa shape index (κ3) is 4.37. The van der Waals surface area contributed by atoms with Crippen molar-refractivity contribution in [2.24, 2.45) is 5.73 Å². The van der Waals surface area contributed by atoms with Crippen LogP contribution in [-0.4, -0.2) is 32.6 Å². The molecule has 1 saturated heterocycles. The summed E-state index contributed by atoms with van der Waals surface area (Å²) in [6, 6.07) is 7.77. The molecule has 1 heterocycles. The van der Waals surface area contributed by atoms with E-state index in [9.17, 15) is 8.42 Å². The van der Waals surface area contributed by atoms with E-state index >= 15 is 0 Å². The molecule has 2 N–H and O–H groups in total. The van der Waals surface area contributed by atoms with E-state index in [4.69, 9.17) is 10.5 Å². The lowest BCUT2D eigenvalue weighted by atomic mass is 9.86. The van der Waals surface area contributed by atoms with Crippen molar-refractivity contribution in [1.82, 2.24) is 0 Å². The van der Waals surface area contributed by atoms with Crippen LogP contribution in [0.3, 0.4) is 0 Å². The van der Waals surface area contributed by atoms with Gasteiger partial charge in [-0.25, -0.2) is 8.42 Å². The second kappa shape index (κ2) is 6.11. The molecule has 0 radical (unpaired) electrons. The number of ether oxygens (including phenoxy) is 1. The van der Waals surface area contributed by atoms with Gasteiger partial charge in [-0.15, -0.1) is 12.4 Å². The van der Waals surface area contributed by atoms with Gasteiger partial charge in [-0.3, -0.25) is 0 Å². The Morgan fingerprint density at radius 2 is 1.95 bits per heavy atom. The summed E-state index contributed by atoms with van der Waals surface area (Å²) < 4.78 is 28.0. The molecule has 0 aliphatic carbocycles. The van der Waals surface area contributed by atoms with Crippen LogP contribution < -0.4 is 10.5 Å². The van der Waals surface area contributed by atoms with Crippen LogP contribution in [0.25, 0.3) is 0 Å². The van der Waals surface area contributed by atoms with E-state index in [1.54, 1.807) is 7.11 Å². The highest BCUT2D eigenvalue weighted by atomic mass is 35.5. The molecule has 0 bridgehead atoms. The Labute approximate surface area is 120 Å². The van der Waals surface area contributed by atoms with Gasteiger partial charge in [-0.05, 0) is 37.0 Å². The van der Waals surface area contributed by atoms with Crippen LogP contribution >= 0.6 is 12.4 Å². The van der Waals surface area contributed by atoms with Crippen LogP contribution in [0.15, 0.2) is 24.3 Å². The van der Waals surface area contributed by atoms with Crippen molar-refractivity contribution in [2.75, 3.05) is 18.6 Å². The number of benzene rings is 1. The smallest absolute Gasteiger partial charge is 0.150 e. The van der Waals surface area contributed by atoms with Gasteiger partial charge in [0.1, 0.15) is 15.6 Å². The van der Waals surface area contributed by atoms with Crippen molar-refractivity contribution in [3.63, 3.8) is 0 Å². The lowest BCUT2D eigenvalue weighted by Gasteiger charge is -2.33. The molecule has 0 spiro atoms. The first-order valence-electron chi connectivity index (χ1n) is 6.05. The molecule has 1 aliphatic heterocycles. The van der Waals surface area contributed by atoms with Gasteiger partial charge in [0.05, 0.1) is 18.6 Å². The first-order chi connectivity index (χ1) is 8.42. The lowest BCUT2D eigenvalue weighted by Crippen LogP contribution is -2.48. The maximum Gasteiger partial charge on any atom is 0.150 e. The number of hydrogen-bond donors (Lipinski definition) is 1. The normalized spacial score (nSPS) is 20.3. The fourth-order valence-corrected chi connectivity index (χ4v) is 3.95. The number of methoxy groups -OCH3 is 1. The predicted octanol–water partition coefficient (Wildman–Crippen LogP) is 1.57. The van der Waals surface area contributed by atoms with Crippen molar-refractivity contribution in [1.29, 1.82) is 0 Å². The molecule has 0 unspecified atom stereocenters. The van der Waals surface area contributed by atoms with E-state index in [2.05, 4.69) is 0 Å². The average Bonchev–Trinajstić information content (AvgIpc) is 2.34. The molecule has 6 heteroatoms. The molecular formula is C13H20ClNO3S. The van der Waals surface area contributed by atoms with Crippen LogP contribution in [0.5, 0.6) is 5.75 Å². The second-order valence-electron chi connectivity index (χ2n) is 5.04. The standard InChI is InChI=1S/C13H19NO3S.ClH/c1-17-12-4-2-3-11(9-12)10-13(14)5-7-18(15,16)8-6-13;/h2-4,9H,5-8,10,14H2,1H3;1H. The third-order valence-electron chi connectivity index (χ3n) is 3.51. The van der Waals surface area contributed by atoms with Gasteiger partial charge in [-0.2, -0.15) is 0 Å². The number of nitrogens with two attached hydrogens (primary N) is 1. The van der Waals surface area contributed by atoms with Crippen LogP contribution in [0.2, 0.25) is 0 Å². The first-order valence-corrected chi connectivity index (χ1v) is 7.87. The lowest BCUT2D eigenvalue weighted by molar-refractivity contribution is 0.377. The Balaban J connectivity index is 0.00000180. The summed E-state index contributed by atoms with van der Waals surface area (Å²) >= 11 is 0. The molecule has 0 atom stereocenters. The molecule has 0 amide bonds. The molecule has 108 valence electrons. The van der Waals surface area contributed by atoms with Crippen molar-refractivity contribution >= 4 is 22.2 Å². The van der Waals surface area contributed by atoms with E-state index in [0.717, 1.165) is 11.3 Å². The number of hydrogen-bond acceptors (Lipinski definition) is 4. The molecule has 1 fully saturated rings. The quantitative estimate of drug-likeness (QED) is 0.920. The monoisotopic (exact) mass is 305 g/mol. The van der Waals surface area contributed by atoms with Gasteiger partial charge >= 0.3 is 0 Å². The minimum absolute atomic E-state index is 0. The molecule has 1 aromatic rings. The Hall–Kier alpha value is -0.780. The zero-order valence-electron chi connectivity index (χ0n) is 11.0. The van der Waals surface area contributed by atoms with Crippen molar-refractivity contribution in [3.8, 4) is 5.75 Å². The van der Waals surface area contributed by atoms with E-state index in [1.807, 2.05) is 24.3 Å². The minimum atomic E-state index is -2.86. The van der Waals surface area contributed by atoms with Crippen molar-refractivity contribution < 1.29 is 13.2 Å². The third-order valence-corrected chi connectivity index (χ3v) is 5.16. The summed E-state index contributed by atoms with van der Waals surface area (Å²) in [5, 5.41) is 0. The van der Waals surface area contributed by atoms with E-state index in [-0.39, 0.29) is 23.9 Å². The zero-order valence-corrected chi connectivity index (χ0v) is 12.6. The maximum absolute atomic E-state index is 11.4. The SMILES string of the molecule is COc1cccc(CC2(N)CCS(=O)(=O)CC2)c1.Cl. The summed E-state index contributed by atoms with van der Waals surface area (Å²) in [6.45, 7) is 0. The highest BCUT2D eigenvalue weighted by molar-refractivity contribution is 7.91. The first kappa shape index (κ1) is 16.3. The molecule has 0 saturated carbocycles. The van der Waals surface area contributed by atoms with Gasteiger partial charge in [0.2, 0.25) is 0 Å². The van der Waals surface area contributed by atoms with Gasteiger partial charge in [0, 0.05) is 5.54 Å². The van der Waals surface area contributed by atoms with Crippen LogP contribution in [-0.2, 0) is 16.3 Å². The second-order valence-corrected chi connectivity index (χ2v) is 7.35. The Bertz CT molecular complexity index is 516. The maximum atomic E-state index is 11.4. The van der Waals surface area contributed by atoms with E-state index in [1.165, 1.54) is 0 Å². The van der Waals surface area contributed by atoms with Crippen molar-refractivity contribution in [2.45, 2.75) is 24.8 Å². The largest absolute Gasteiger partial charge is 0.497 e. The Kier molecular flexibility index (Phi) is 5.24. The predicted molar refractivity (Wildman–Crippen MR) is 78.8 cm³/mol. The number of rotatable bonds is 3. The van der Waals surface area contributed by atoms with Gasteiger partial charge in [-0.1, -0.05) is 12.1 Å². The van der Waals surface area contributed by atoms with E-state index < -0.39 is 15.4 Å². The van der Waals surface area contributed by atoms with Gasteiger partial charge in [0.15, 0.2) is 0 Å². The minimum Gasteiger partial charge on any atom is -0.497 e. The molecule has 1 aliphatic rings.